The minimum atomic E-state index is -0.612. The number of nitro groups is 1. The topological polar surface area (TPSA) is 229 Å². The zero-order valence-corrected chi connectivity index (χ0v) is 34.1. The summed E-state index contributed by atoms with van der Waals surface area (Å²) < 4.78 is 21.1. The summed E-state index contributed by atoms with van der Waals surface area (Å²) >= 11 is 0. The fourth-order valence-corrected chi connectivity index (χ4v) is 6.34. The van der Waals surface area contributed by atoms with Crippen LogP contribution in [0.4, 0.5) is 32.3 Å². The summed E-state index contributed by atoms with van der Waals surface area (Å²) in [4.78, 5) is 64.1. The number of benzene rings is 2. The largest absolute Gasteiger partial charge is 0.494 e. The minimum Gasteiger partial charge on any atom is -0.494 e. The van der Waals surface area contributed by atoms with Crippen LogP contribution in [0.3, 0.4) is 0 Å². The van der Waals surface area contributed by atoms with Gasteiger partial charge in [0, 0.05) is 64.0 Å². The maximum absolute atomic E-state index is 13.0. The van der Waals surface area contributed by atoms with Crippen molar-refractivity contribution in [3.63, 3.8) is 0 Å². The maximum atomic E-state index is 13.0. The van der Waals surface area contributed by atoms with Gasteiger partial charge >= 0.3 is 12.2 Å². The van der Waals surface area contributed by atoms with Crippen molar-refractivity contribution in [3.05, 3.63) is 45.5 Å². The van der Waals surface area contributed by atoms with E-state index in [0.717, 1.165) is 12.8 Å². The van der Waals surface area contributed by atoms with Crippen LogP contribution in [-0.2, 0) is 9.47 Å². The Morgan fingerprint density at radius 1 is 0.732 bits per heavy atom. The molecule has 18 nitrogen and oxygen atoms in total. The van der Waals surface area contributed by atoms with Gasteiger partial charge in [-0.25, -0.2) is 9.59 Å². The highest BCUT2D eigenvalue weighted by Gasteiger charge is 2.31. The van der Waals surface area contributed by atoms with Crippen molar-refractivity contribution in [3.8, 4) is 11.5 Å². The molecule has 2 aromatic carbocycles. The molecule has 0 saturated carbocycles. The van der Waals surface area contributed by atoms with E-state index in [1.165, 1.54) is 26.4 Å². The van der Waals surface area contributed by atoms with Crippen LogP contribution in [0.5, 0.6) is 11.5 Å². The molecule has 0 aromatic heterocycles. The van der Waals surface area contributed by atoms with Crippen molar-refractivity contribution in [2.45, 2.75) is 90.5 Å². The van der Waals surface area contributed by atoms with Gasteiger partial charge in [0.25, 0.3) is 17.5 Å². The molecule has 6 N–H and O–H groups in total. The molecule has 56 heavy (non-hydrogen) atoms. The first-order valence-corrected chi connectivity index (χ1v) is 18.5. The monoisotopic (exact) mass is 786 g/mol. The van der Waals surface area contributed by atoms with E-state index in [0.29, 0.717) is 61.7 Å². The van der Waals surface area contributed by atoms with E-state index in [-0.39, 0.29) is 46.6 Å². The number of likely N-dealkylation sites (tertiary alicyclic amines) is 2. The van der Waals surface area contributed by atoms with E-state index < -0.39 is 28.3 Å². The fourth-order valence-electron chi connectivity index (χ4n) is 6.34. The van der Waals surface area contributed by atoms with Gasteiger partial charge in [-0.1, -0.05) is 0 Å². The lowest BCUT2D eigenvalue weighted by Crippen LogP contribution is -2.50. The van der Waals surface area contributed by atoms with Gasteiger partial charge in [0.05, 0.1) is 36.1 Å². The third-order valence-electron chi connectivity index (χ3n) is 8.70. The van der Waals surface area contributed by atoms with Crippen LogP contribution in [0.2, 0.25) is 0 Å². The number of alkyl carbamates (subject to hydrolysis) is 2. The number of amides is 4. The molecular weight excluding hydrogens is 728 g/mol. The summed E-state index contributed by atoms with van der Waals surface area (Å²) in [6, 6.07) is 5.63. The fraction of sp³-hybridized carbons (Fsp3) is 0.579. The van der Waals surface area contributed by atoms with Gasteiger partial charge in [0.1, 0.15) is 22.7 Å². The average molecular weight is 787 g/mol. The standard InChI is InChI=1S/C19H28N4O6.C19H30N4O4/c1-19(2,3)29-18(25)21-13-7-6-8-22(11-13)17(24)12-9-14(23(26)27)16(20-4)15(10-12)28-5;1-19(2,3)27-18(25)22-13-7-6-8-23(11-13)17(24)12-9-14(20)16(21-4)15(10-12)26-5/h9-10,13,20H,6-8,11H2,1-5H3,(H,21,25);9-10,13,21H,6-8,11,20H2,1-5H3,(H,22,25)/t2*13-/m11/s1. The van der Waals surface area contributed by atoms with Crippen molar-refractivity contribution in [2.24, 2.45) is 0 Å². The second-order valence-corrected chi connectivity index (χ2v) is 15.4. The summed E-state index contributed by atoms with van der Waals surface area (Å²) in [6.45, 7) is 12.6. The molecule has 2 atom stereocenters. The van der Waals surface area contributed by atoms with Crippen molar-refractivity contribution in [2.75, 3.05) is 70.9 Å². The highest BCUT2D eigenvalue weighted by atomic mass is 16.6. The summed E-state index contributed by atoms with van der Waals surface area (Å²) in [5.41, 5.74) is 6.55. The minimum absolute atomic E-state index is 0.140. The zero-order chi connectivity index (χ0) is 42.0. The normalized spacial score (nSPS) is 17.0. The lowest BCUT2D eigenvalue weighted by atomic mass is 10.0. The highest BCUT2D eigenvalue weighted by molar-refractivity contribution is 5.98. The quantitative estimate of drug-likeness (QED) is 0.125. The first kappa shape index (κ1) is 44.7. The van der Waals surface area contributed by atoms with Crippen LogP contribution >= 0.6 is 0 Å². The Morgan fingerprint density at radius 2 is 1.14 bits per heavy atom. The molecular formula is C38H58N8O10. The summed E-state index contributed by atoms with van der Waals surface area (Å²) in [5, 5.41) is 22.8. The predicted molar refractivity (Wildman–Crippen MR) is 213 cm³/mol. The maximum Gasteiger partial charge on any atom is 0.407 e. The Bertz CT molecular complexity index is 1740. The van der Waals surface area contributed by atoms with E-state index >= 15 is 0 Å². The number of carbonyl (C=O) groups is 4. The van der Waals surface area contributed by atoms with E-state index in [1.54, 1.807) is 56.8 Å². The number of anilines is 3. The van der Waals surface area contributed by atoms with Gasteiger partial charge in [0.2, 0.25) is 0 Å². The van der Waals surface area contributed by atoms with Crippen LogP contribution in [0, 0.1) is 10.1 Å². The molecule has 0 bridgehead atoms. The summed E-state index contributed by atoms with van der Waals surface area (Å²) in [5.74, 6) is 0.231. The van der Waals surface area contributed by atoms with Gasteiger partial charge < -0.3 is 55.7 Å². The molecule has 2 aliphatic rings. The Labute approximate surface area is 328 Å². The first-order valence-electron chi connectivity index (χ1n) is 18.5. The number of piperidine rings is 2. The molecule has 18 heteroatoms. The molecule has 2 aromatic rings. The van der Waals surface area contributed by atoms with E-state index in [1.807, 2.05) is 20.8 Å². The number of methoxy groups -OCH3 is 2. The lowest BCUT2D eigenvalue weighted by molar-refractivity contribution is -0.384. The Morgan fingerprint density at radius 3 is 1.52 bits per heavy atom. The highest BCUT2D eigenvalue weighted by Crippen LogP contribution is 2.36. The summed E-state index contributed by atoms with van der Waals surface area (Å²) in [6.07, 6.45) is 2.00. The van der Waals surface area contributed by atoms with Crippen molar-refractivity contribution >= 4 is 46.8 Å². The van der Waals surface area contributed by atoms with E-state index in [9.17, 15) is 29.3 Å². The second-order valence-electron chi connectivity index (χ2n) is 15.4. The molecule has 2 heterocycles. The number of carbonyl (C=O) groups excluding carboxylic acids is 4. The molecule has 310 valence electrons. The number of nitrogen functional groups attached to an aromatic ring is 1. The zero-order valence-electron chi connectivity index (χ0n) is 34.1. The Kier molecular flexibility index (Phi) is 15.4. The van der Waals surface area contributed by atoms with Crippen LogP contribution in [-0.4, -0.2) is 117 Å². The van der Waals surface area contributed by atoms with Crippen molar-refractivity contribution < 1.29 is 43.0 Å². The molecule has 4 amide bonds. The molecule has 2 aliphatic heterocycles. The van der Waals surface area contributed by atoms with Gasteiger partial charge in [-0.2, -0.15) is 0 Å². The van der Waals surface area contributed by atoms with Crippen LogP contribution in [0.15, 0.2) is 24.3 Å². The molecule has 2 fully saturated rings. The summed E-state index contributed by atoms with van der Waals surface area (Å²) in [7, 11) is 6.21. The van der Waals surface area contributed by atoms with Gasteiger partial charge in [-0.3, -0.25) is 19.7 Å². The SMILES string of the molecule is CNc1c(N)cc(C(=O)N2CCC[C@@H](NC(=O)OC(C)(C)C)C2)cc1OC.CNc1c(OC)cc(C(=O)N2CCC[C@@H](NC(=O)OC(C)(C)C)C2)cc1[N+](=O)[O-]. The third-order valence-corrected chi connectivity index (χ3v) is 8.70. The third kappa shape index (κ3) is 12.7. The van der Waals surface area contributed by atoms with Crippen LogP contribution in [0.25, 0.3) is 0 Å². The molecule has 0 spiro atoms. The first-order chi connectivity index (χ1) is 26.2. The number of ether oxygens (including phenoxy) is 4. The lowest BCUT2D eigenvalue weighted by Gasteiger charge is -2.33. The van der Waals surface area contributed by atoms with Crippen molar-refractivity contribution in [1.82, 2.24) is 20.4 Å². The van der Waals surface area contributed by atoms with Crippen molar-refractivity contribution in [1.29, 1.82) is 0 Å². The number of nitro benzene ring substituents is 1. The predicted octanol–water partition coefficient (Wildman–Crippen LogP) is 5.22. The average Bonchev–Trinajstić information content (AvgIpc) is 3.11. The van der Waals surface area contributed by atoms with Gasteiger partial charge in [-0.05, 0) is 85.4 Å². The van der Waals surface area contributed by atoms with Crippen LogP contribution in [0.1, 0.15) is 87.9 Å². The van der Waals surface area contributed by atoms with E-state index in [4.69, 9.17) is 24.7 Å². The molecule has 4 rings (SSSR count). The Hall–Kier alpha value is -5.68. The molecule has 0 unspecified atom stereocenters. The number of hydrogen-bond acceptors (Lipinski definition) is 13. The number of rotatable bonds is 9. The molecule has 2 saturated heterocycles. The second kappa shape index (κ2) is 19.3. The number of nitrogens with one attached hydrogen (secondary N) is 4. The number of nitrogens with two attached hydrogens (primary N) is 1. The smallest absolute Gasteiger partial charge is 0.407 e. The van der Waals surface area contributed by atoms with Gasteiger partial charge in [-0.15, -0.1) is 0 Å². The molecule has 0 radical (unpaired) electrons. The van der Waals surface area contributed by atoms with Crippen LogP contribution < -0.4 is 36.5 Å². The van der Waals surface area contributed by atoms with E-state index in [2.05, 4.69) is 21.3 Å². The van der Waals surface area contributed by atoms with Gasteiger partial charge in [0.15, 0.2) is 5.69 Å². The number of hydrogen-bond donors (Lipinski definition) is 5. The number of nitrogens with zero attached hydrogens (tertiary/aromatic N) is 3. The molecule has 0 aliphatic carbocycles. The Balaban J connectivity index is 0.000000301.